The van der Waals surface area contributed by atoms with Gasteiger partial charge in [0.25, 0.3) is 0 Å². The topological polar surface area (TPSA) is 52.1 Å². The number of halogens is 2. The Balaban J connectivity index is 0.00000289. The lowest BCUT2D eigenvalue weighted by atomic mass is 10.2. The number of benzene rings is 2. The van der Waals surface area contributed by atoms with Crippen molar-refractivity contribution in [2.75, 3.05) is 50.1 Å². The fourth-order valence-electron chi connectivity index (χ4n) is 4.09. The molecule has 1 fully saturated rings. The molecule has 2 aliphatic heterocycles. The van der Waals surface area contributed by atoms with E-state index in [1.807, 2.05) is 25.2 Å². The molecule has 8 heteroatoms. The predicted molar refractivity (Wildman–Crippen MR) is 145 cm³/mol. The first-order valence-electron chi connectivity index (χ1n) is 10.7. The molecule has 1 saturated heterocycles. The molecule has 0 spiro atoms. The number of aliphatic imine (C=N–C) groups is 1. The third kappa shape index (κ3) is 6.01. The number of anilines is 2. The molecule has 2 aromatic carbocycles. The van der Waals surface area contributed by atoms with Gasteiger partial charge in [-0.25, -0.2) is 0 Å². The van der Waals surface area contributed by atoms with E-state index in [-0.39, 0.29) is 24.0 Å². The summed E-state index contributed by atoms with van der Waals surface area (Å²) in [7, 11) is 3.50. The molecule has 0 radical (unpaired) electrons. The van der Waals surface area contributed by atoms with Crippen molar-refractivity contribution in [2.24, 2.45) is 4.99 Å². The number of hydrogen-bond acceptors (Lipinski definition) is 4. The van der Waals surface area contributed by atoms with Crippen LogP contribution in [0.5, 0.6) is 5.75 Å². The lowest BCUT2D eigenvalue weighted by Gasteiger charge is -2.22. The average molecular weight is 568 g/mol. The lowest BCUT2D eigenvalue weighted by Crippen LogP contribution is -2.44. The molecule has 1 unspecified atom stereocenters. The summed E-state index contributed by atoms with van der Waals surface area (Å²) in [5.41, 5.74) is 3.53. The Morgan fingerprint density at radius 2 is 1.88 bits per heavy atom. The van der Waals surface area contributed by atoms with Gasteiger partial charge in [0, 0.05) is 56.5 Å². The monoisotopic (exact) mass is 567 g/mol. The number of hydrogen-bond donors (Lipinski definition) is 2. The van der Waals surface area contributed by atoms with E-state index >= 15 is 0 Å². The Morgan fingerprint density at radius 1 is 1.12 bits per heavy atom. The molecule has 172 valence electrons. The Kier molecular flexibility index (Phi) is 8.92. The molecule has 2 N–H and O–H groups in total. The second-order valence-electron chi connectivity index (χ2n) is 7.86. The molecule has 2 aliphatic rings. The number of nitrogens with one attached hydrogen (secondary N) is 2. The zero-order valence-corrected chi connectivity index (χ0v) is 21.6. The van der Waals surface area contributed by atoms with Crippen LogP contribution in [0, 0.1) is 0 Å². The van der Waals surface area contributed by atoms with Crippen molar-refractivity contribution < 1.29 is 4.74 Å². The summed E-state index contributed by atoms with van der Waals surface area (Å²) in [6.45, 7) is 4.53. The number of ether oxygens (including phenoxy) is 1. The molecule has 0 bridgehead atoms. The second kappa shape index (κ2) is 11.7. The highest BCUT2D eigenvalue weighted by atomic mass is 127. The van der Waals surface area contributed by atoms with Crippen molar-refractivity contribution in [1.82, 2.24) is 10.6 Å². The molecule has 32 heavy (non-hydrogen) atoms. The summed E-state index contributed by atoms with van der Waals surface area (Å²) < 4.78 is 5.52. The fraction of sp³-hybridized carbons (Fsp3) is 0.375. The van der Waals surface area contributed by atoms with Gasteiger partial charge in [-0.15, -0.1) is 24.0 Å². The maximum absolute atomic E-state index is 6.21. The molecule has 0 amide bonds. The van der Waals surface area contributed by atoms with Crippen LogP contribution in [0.4, 0.5) is 11.4 Å². The first-order valence-corrected chi connectivity index (χ1v) is 11.1. The van der Waals surface area contributed by atoms with Crippen LogP contribution < -0.4 is 25.2 Å². The summed E-state index contributed by atoms with van der Waals surface area (Å²) in [5, 5.41) is 7.71. The maximum Gasteiger partial charge on any atom is 0.191 e. The number of nitrogens with zero attached hydrogens (tertiary/aromatic N) is 3. The van der Waals surface area contributed by atoms with Crippen LogP contribution in [-0.4, -0.2) is 52.3 Å². The SMILES string of the molecule is CN=C(NCc1ccc(N2CC=CC2)cc1)NC1CCN(c2cc(Cl)ccc2OC)C1.I. The van der Waals surface area contributed by atoms with E-state index in [9.17, 15) is 0 Å². The van der Waals surface area contributed by atoms with Crippen LogP contribution in [0.3, 0.4) is 0 Å². The fourth-order valence-corrected chi connectivity index (χ4v) is 4.26. The first kappa shape index (κ1) is 24.5. The van der Waals surface area contributed by atoms with Gasteiger partial charge in [0.1, 0.15) is 5.75 Å². The molecule has 2 heterocycles. The van der Waals surface area contributed by atoms with Crippen LogP contribution in [-0.2, 0) is 6.54 Å². The highest BCUT2D eigenvalue weighted by molar-refractivity contribution is 14.0. The molecular formula is C24H31ClIN5O. The van der Waals surface area contributed by atoms with Gasteiger partial charge in [0.05, 0.1) is 12.8 Å². The number of guanidine groups is 1. The zero-order chi connectivity index (χ0) is 21.6. The summed E-state index contributed by atoms with van der Waals surface area (Å²) in [6.07, 6.45) is 5.43. The Hall–Kier alpha value is -2.13. The minimum absolute atomic E-state index is 0. The third-order valence-corrected chi connectivity index (χ3v) is 6.05. The molecule has 0 saturated carbocycles. The Morgan fingerprint density at radius 3 is 2.56 bits per heavy atom. The minimum Gasteiger partial charge on any atom is -0.495 e. The van der Waals surface area contributed by atoms with Gasteiger partial charge in [-0.05, 0) is 42.3 Å². The van der Waals surface area contributed by atoms with Crippen molar-refractivity contribution in [3.8, 4) is 5.75 Å². The third-order valence-electron chi connectivity index (χ3n) is 5.81. The van der Waals surface area contributed by atoms with E-state index in [1.54, 1.807) is 7.11 Å². The summed E-state index contributed by atoms with van der Waals surface area (Å²) in [5.74, 6) is 1.67. The van der Waals surface area contributed by atoms with E-state index in [4.69, 9.17) is 16.3 Å². The standard InChI is InChI=1S/C24H30ClN5O.HI/c1-26-24(27-16-18-5-8-21(9-6-18)29-12-3-4-13-29)28-20-11-14-30(17-20)22-15-19(25)7-10-23(22)31-2;/h3-10,15,20H,11-14,16-17H2,1-2H3,(H2,26,27,28);1H. The number of methoxy groups -OCH3 is 1. The van der Waals surface area contributed by atoms with Gasteiger partial charge in [-0.3, -0.25) is 4.99 Å². The molecule has 6 nitrogen and oxygen atoms in total. The Labute approximate surface area is 212 Å². The van der Waals surface area contributed by atoms with Gasteiger partial charge in [0.2, 0.25) is 0 Å². The van der Waals surface area contributed by atoms with Gasteiger partial charge in [-0.2, -0.15) is 0 Å². The summed E-state index contributed by atoms with van der Waals surface area (Å²) >= 11 is 6.21. The molecule has 0 aromatic heterocycles. The van der Waals surface area contributed by atoms with Gasteiger partial charge >= 0.3 is 0 Å². The number of rotatable bonds is 6. The van der Waals surface area contributed by atoms with E-state index in [2.05, 4.69) is 61.8 Å². The normalized spacial score (nSPS) is 18.0. The molecule has 2 aromatic rings. The van der Waals surface area contributed by atoms with Crippen molar-refractivity contribution in [3.05, 3.63) is 65.2 Å². The van der Waals surface area contributed by atoms with Crippen molar-refractivity contribution >= 4 is 52.9 Å². The molecule has 0 aliphatic carbocycles. The smallest absolute Gasteiger partial charge is 0.191 e. The van der Waals surface area contributed by atoms with E-state index in [0.717, 1.165) is 61.6 Å². The Bertz CT molecular complexity index is 942. The van der Waals surface area contributed by atoms with Crippen molar-refractivity contribution in [3.63, 3.8) is 0 Å². The van der Waals surface area contributed by atoms with Crippen molar-refractivity contribution in [1.29, 1.82) is 0 Å². The summed E-state index contributed by atoms with van der Waals surface area (Å²) in [6, 6.07) is 14.8. The molecular weight excluding hydrogens is 537 g/mol. The maximum atomic E-state index is 6.21. The van der Waals surface area contributed by atoms with Gasteiger partial charge < -0.3 is 25.2 Å². The van der Waals surface area contributed by atoms with Crippen molar-refractivity contribution in [2.45, 2.75) is 19.0 Å². The van der Waals surface area contributed by atoms with Crippen LogP contribution in [0.15, 0.2) is 59.6 Å². The highest BCUT2D eigenvalue weighted by Crippen LogP contribution is 2.33. The van der Waals surface area contributed by atoms with Crippen LogP contribution in [0.1, 0.15) is 12.0 Å². The highest BCUT2D eigenvalue weighted by Gasteiger charge is 2.25. The molecule has 4 rings (SSSR count). The minimum atomic E-state index is 0. The van der Waals surface area contributed by atoms with Gasteiger partial charge in [-0.1, -0.05) is 35.9 Å². The first-order chi connectivity index (χ1) is 15.2. The predicted octanol–water partition coefficient (Wildman–Crippen LogP) is 4.29. The quantitative estimate of drug-likeness (QED) is 0.236. The van der Waals surface area contributed by atoms with Crippen LogP contribution >= 0.6 is 35.6 Å². The van der Waals surface area contributed by atoms with Crippen LogP contribution in [0.2, 0.25) is 5.02 Å². The van der Waals surface area contributed by atoms with E-state index in [0.29, 0.717) is 6.04 Å². The van der Waals surface area contributed by atoms with E-state index in [1.165, 1.54) is 11.3 Å². The van der Waals surface area contributed by atoms with Gasteiger partial charge in [0.15, 0.2) is 5.96 Å². The van der Waals surface area contributed by atoms with E-state index < -0.39 is 0 Å². The average Bonchev–Trinajstić information content (AvgIpc) is 3.49. The zero-order valence-electron chi connectivity index (χ0n) is 18.6. The lowest BCUT2D eigenvalue weighted by molar-refractivity contribution is 0.415. The largest absolute Gasteiger partial charge is 0.495 e. The van der Waals surface area contributed by atoms with Crippen LogP contribution in [0.25, 0.3) is 0 Å². The molecule has 1 atom stereocenters. The summed E-state index contributed by atoms with van der Waals surface area (Å²) in [4.78, 5) is 9.06. The second-order valence-corrected chi connectivity index (χ2v) is 8.30.